The molecule has 0 saturated carbocycles. The highest BCUT2D eigenvalue weighted by Crippen LogP contribution is 2.23. The van der Waals surface area contributed by atoms with Gasteiger partial charge in [0.25, 0.3) is 0 Å². The largest absolute Gasteiger partial charge is 0.298 e. The molecule has 26 heavy (non-hydrogen) atoms. The summed E-state index contributed by atoms with van der Waals surface area (Å²) in [5.41, 5.74) is 4.27. The smallest absolute Gasteiger partial charge is 0.0968 e. The van der Waals surface area contributed by atoms with Crippen LogP contribution < -0.4 is 0 Å². The van der Waals surface area contributed by atoms with E-state index in [-0.39, 0.29) is 0 Å². The topological polar surface area (TPSA) is 32.3 Å². The number of benzene rings is 1. The molecule has 0 N–H and O–H groups in total. The summed E-state index contributed by atoms with van der Waals surface area (Å²) in [4.78, 5) is 14.7. The Morgan fingerprint density at radius 2 is 0.923 bits per heavy atom. The summed E-state index contributed by atoms with van der Waals surface area (Å²) in [5.74, 6) is 0. The van der Waals surface area contributed by atoms with Crippen LogP contribution in [0, 0.1) is 0 Å². The summed E-state index contributed by atoms with van der Waals surface area (Å²) in [6, 6.07) is 13.0. The molecule has 0 amide bonds. The Morgan fingerprint density at radius 3 is 1.27 bits per heavy atom. The van der Waals surface area contributed by atoms with Gasteiger partial charge in [-0.3, -0.25) is 9.80 Å². The minimum Gasteiger partial charge on any atom is -0.298 e. The summed E-state index contributed by atoms with van der Waals surface area (Å²) < 4.78 is 0. The van der Waals surface area contributed by atoms with E-state index in [4.69, 9.17) is 9.97 Å². The van der Waals surface area contributed by atoms with Gasteiger partial charge in [-0.15, -0.1) is 0 Å². The van der Waals surface area contributed by atoms with Gasteiger partial charge in [0.2, 0.25) is 0 Å². The van der Waals surface area contributed by atoms with Crippen LogP contribution in [0.1, 0.15) is 39.1 Å². The second-order valence-corrected chi connectivity index (χ2v) is 6.74. The Labute approximate surface area is 156 Å². The molecule has 0 atom stereocenters. The maximum atomic E-state index is 4.98. The average Bonchev–Trinajstić information content (AvgIpc) is 2.69. The van der Waals surface area contributed by atoms with E-state index in [1.165, 1.54) is 0 Å². The third kappa shape index (κ3) is 4.02. The second-order valence-electron chi connectivity index (χ2n) is 6.74. The highest BCUT2D eigenvalue weighted by Gasteiger charge is 2.09. The fourth-order valence-corrected chi connectivity index (χ4v) is 3.38. The second kappa shape index (κ2) is 8.56. The molecule has 0 fully saturated rings. The van der Waals surface area contributed by atoms with Crippen LogP contribution in [0.15, 0.2) is 36.4 Å². The Bertz CT molecular complexity index is 794. The van der Waals surface area contributed by atoms with E-state index in [1.54, 1.807) is 0 Å². The van der Waals surface area contributed by atoms with Crippen LogP contribution in [0.2, 0.25) is 0 Å². The number of fused-ring (bicyclic) bond motifs is 3. The van der Waals surface area contributed by atoms with Gasteiger partial charge in [-0.2, -0.15) is 0 Å². The third-order valence-electron chi connectivity index (χ3n) is 5.20. The number of nitrogens with zero attached hydrogens (tertiary/aromatic N) is 4. The quantitative estimate of drug-likeness (QED) is 0.561. The van der Waals surface area contributed by atoms with Crippen LogP contribution in [0.5, 0.6) is 0 Å². The highest BCUT2D eigenvalue weighted by molar-refractivity contribution is 6.02. The van der Waals surface area contributed by atoms with Gasteiger partial charge in [-0.1, -0.05) is 52.0 Å². The molecule has 2 heterocycles. The van der Waals surface area contributed by atoms with Crippen molar-refractivity contribution in [3.05, 3.63) is 47.8 Å². The predicted octanol–water partition coefficient (Wildman–Crippen LogP) is 4.47. The van der Waals surface area contributed by atoms with E-state index in [2.05, 4.69) is 73.9 Å². The molecule has 4 heteroatoms. The lowest BCUT2D eigenvalue weighted by atomic mass is 10.1. The number of hydrogen-bond donors (Lipinski definition) is 0. The van der Waals surface area contributed by atoms with Gasteiger partial charge < -0.3 is 0 Å². The molecule has 0 spiro atoms. The SMILES string of the molecule is CCN(CC)Cc1ccc2ccc3ccc(CN(CC)CC)nc3c2n1. The Balaban J connectivity index is 2.03. The minimum atomic E-state index is 0.887. The van der Waals surface area contributed by atoms with E-state index in [9.17, 15) is 0 Å². The lowest BCUT2D eigenvalue weighted by molar-refractivity contribution is 0.292. The van der Waals surface area contributed by atoms with Crippen molar-refractivity contribution >= 4 is 21.8 Å². The van der Waals surface area contributed by atoms with Gasteiger partial charge in [0.1, 0.15) is 0 Å². The third-order valence-corrected chi connectivity index (χ3v) is 5.20. The normalized spacial score (nSPS) is 11.9. The molecule has 3 rings (SSSR count). The van der Waals surface area contributed by atoms with Crippen LogP contribution in [0.3, 0.4) is 0 Å². The fourth-order valence-electron chi connectivity index (χ4n) is 3.38. The lowest BCUT2D eigenvalue weighted by Crippen LogP contribution is -2.23. The minimum absolute atomic E-state index is 0.887. The number of pyridine rings is 2. The molecule has 2 aromatic heterocycles. The van der Waals surface area contributed by atoms with E-state index in [0.717, 1.165) is 72.5 Å². The zero-order valence-corrected chi connectivity index (χ0v) is 16.5. The number of hydrogen-bond acceptors (Lipinski definition) is 4. The van der Waals surface area contributed by atoms with Gasteiger partial charge in [0.05, 0.1) is 22.4 Å². The van der Waals surface area contributed by atoms with Crippen molar-refractivity contribution in [3.8, 4) is 0 Å². The first-order chi connectivity index (χ1) is 12.7. The van der Waals surface area contributed by atoms with Crippen LogP contribution in [0.25, 0.3) is 21.8 Å². The molecule has 1 aromatic carbocycles. The van der Waals surface area contributed by atoms with E-state index in [0.29, 0.717) is 0 Å². The molecular formula is C22H30N4. The van der Waals surface area contributed by atoms with Crippen molar-refractivity contribution in [1.29, 1.82) is 0 Å². The Hall–Kier alpha value is -2.04. The average molecular weight is 351 g/mol. The summed E-state index contributed by atoms with van der Waals surface area (Å²) in [6.45, 7) is 14.7. The summed E-state index contributed by atoms with van der Waals surface area (Å²) in [5, 5.41) is 2.32. The monoisotopic (exact) mass is 350 g/mol. The van der Waals surface area contributed by atoms with Gasteiger partial charge in [-0.05, 0) is 38.3 Å². The van der Waals surface area contributed by atoms with Crippen LogP contribution in [-0.2, 0) is 13.1 Å². The van der Waals surface area contributed by atoms with Gasteiger partial charge in [-0.25, -0.2) is 9.97 Å². The molecule has 4 nitrogen and oxygen atoms in total. The summed E-state index contributed by atoms with van der Waals surface area (Å²) in [7, 11) is 0. The number of rotatable bonds is 8. The molecule has 0 bridgehead atoms. The van der Waals surface area contributed by atoms with Crippen LogP contribution >= 0.6 is 0 Å². The fraction of sp³-hybridized carbons (Fsp3) is 0.455. The van der Waals surface area contributed by atoms with E-state index >= 15 is 0 Å². The molecule has 0 saturated heterocycles. The zero-order valence-electron chi connectivity index (χ0n) is 16.5. The first-order valence-corrected chi connectivity index (χ1v) is 9.81. The molecular weight excluding hydrogens is 320 g/mol. The van der Waals surface area contributed by atoms with E-state index < -0.39 is 0 Å². The van der Waals surface area contributed by atoms with Crippen molar-refractivity contribution < 1.29 is 0 Å². The maximum absolute atomic E-state index is 4.98. The van der Waals surface area contributed by atoms with Crippen LogP contribution in [-0.4, -0.2) is 45.9 Å². The Morgan fingerprint density at radius 1 is 0.577 bits per heavy atom. The molecule has 138 valence electrons. The molecule has 0 unspecified atom stereocenters. The van der Waals surface area contributed by atoms with Crippen molar-refractivity contribution in [2.75, 3.05) is 26.2 Å². The summed E-state index contributed by atoms with van der Waals surface area (Å²) >= 11 is 0. The van der Waals surface area contributed by atoms with Crippen molar-refractivity contribution in [3.63, 3.8) is 0 Å². The van der Waals surface area contributed by atoms with Crippen molar-refractivity contribution in [2.45, 2.75) is 40.8 Å². The lowest BCUT2D eigenvalue weighted by Gasteiger charge is -2.18. The molecule has 0 radical (unpaired) electrons. The van der Waals surface area contributed by atoms with E-state index in [1.807, 2.05) is 0 Å². The molecule has 3 aromatic rings. The zero-order chi connectivity index (χ0) is 18.5. The van der Waals surface area contributed by atoms with Gasteiger partial charge in [0.15, 0.2) is 0 Å². The van der Waals surface area contributed by atoms with Crippen molar-refractivity contribution in [2.24, 2.45) is 0 Å². The Kier molecular flexibility index (Phi) is 6.17. The highest BCUT2D eigenvalue weighted by atomic mass is 15.1. The molecule has 0 aliphatic carbocycles. The first-order valence-electron chi connectivity index (χ1n) is 9.81. The van der Waals surface area contributed by atoms with Crippen LogP contribution in [0.4, 0.5) is 0 Å². The number of aromatic nitrogens is 2. The predicted molar refractivity (Wildman–Crippen MR) is 110 cm³/mol. The van der Waals surface area contributed by atoms with Crippen molar-refractivity contribution in [1.82, 2.24) is 19.8 Å². The van der Waals surface area contributed by atoms with Gasteiger partial charge in [0, 0.05) is 23.9 Å². The summed E-state index contributed by atoms with van der Waals surface area (Å²) in [6.07, 6.45) is 0. The van der Waals surface area contributed by atoms with Gasteiger partial charge >= 0.3 is 0 Å². The first kappa shape index (κ1) is 18.7. The molecule has 0 aliphatic heterocycles. The molecule has 0 aliphatic rings. The standard InChI is InChI=1S/C22H30N4/c1-5-25(6-2)15-19-13-11-17-9-10-18-12-14-20(16-26(7-3)8-4)24-22(18)21(17)23-19/h9-14H,5-8,15-16H2,1-4H3. The maximum Gasteiger partial charge on any atom is 0.0968 e.